The molecule has 1 amide bonds. The summed E-state index contributed by atoms with van der Waals surface area (Å²) in [4.78, 5) is 48.2. The highest BCUT2D eigenvalue weighted by atomic mass is 28.4. The van der Waals surface area contributed by atoms with Crippen molar-refractivity contribution in [3.63, 3.8) is 0 Å². The molecule has 3 fully saturated rings. The van der Waals surface area contributed by atoms with Crippen LogP contribution in [0.2, 0.25) is 36.3 Å². The second kappa shape index (κ2) is 12.6. The minimum absolute atomic E-state index is 0.0852. The first-order chi connectivity index (χ1) is 21.3. The number of H-pyrrole nitrogens is 1. The minimum Gasteiger partial charge on any atom is -0.408 e. The molecule has 0 unspecified atom stereocenters. The van der Waals surface area contributed by atoms with Gasteiger partial charge in [-0.1, -0.05) is 71.9 Å². The van der Waals surface area contributed by atoms with E-state index >= 15 is 0 Å². The summed E-state index contributed by atoms with van der Waals surface area (Å²) in [6, 6.07) is 11.2. The number of piperidine rings is 1. The molecular formula is C33H52N4O7Si2. The van der Waals surface area contributed by atoms with E-state index in [4.69, 9.17) is 18.4 Å². The minimum atomic E-state index is -2.48. The van der Waals surface area contributed by atoms with Crippen molar-refractivity contribution >= 4 is 22.5 Å². The number of ether oxygens (including phenoxy) is 1. The number of aromatic amines is 1. The van der Waals surface area contributed by atoms with Crippen LogP contribution in [0.3, 0.4) is 0 Å². The molecule has 0 bridgehead atoms. The summed E-state index contributed by atoms with van der Waals surface area (Å²) in [5.74, 6) is -0.606. The van der Waals surface area contributed by atoms with Crippen LogP contribution in [0.15, 0.2) is 52.2 Å². The van der Waals surface area contributed by atoms with Crippen molar-refractivity contribution in [3.8, 4) is 0 Å². The molecule has 7 atom stereocenters. The van der Waals surface area contributed by atoms with Crippen LogP contribution in [0.1, 0.15) is 59.8 Å². The van der Waals surface area contributed by atoms with Crippen LogP contribution in [0.4, 0.5) is 0 Å². The molecule has 46 heavy (non-hydrogen) atoms. The highest BCUT2D eigenvalue weighted by Crippen LogP contribution is 2.48. The second-order valence-electron chi connectivity index (χ2n) is 16.0. The van der Waals surface area contributed by atoms with Crippen molar-refractivity contribution in [3.05, 3.63) is 69.0 Å². The fraction of sp³-hybridized carbons (Fsp3) is 0.667. The normalized spacial score (nSPS) is 29.5. The summed E-state index contributed by atoms with van der Waals surface area (Å²) in [6.07, 6.45) is -1.55. The third kappa shape index (κ3) is 6.78. The van der Waals surface area contributed by atoms with Crippen LogP contribution in [0, 0.1) is 5.92 Å². The van der Waals surface area contributed by atoms with Gasteiger partial charge in [-0.05, 0) is 48.2 Å². The number of hydrogen-bond acceptors (Lipinski definition) is 8. The van der Waals surface area contributed by atoms with Gasteiger partial charge in [0.25, 0.3) is 5.56 Å². The Bertz CT molecular complexity index is 1510. The van der Waals surface area contributed by atoms with Gasteiger partial charge in [-0.25, -0.2) is 4.79 Å². The van der Waals surface area contributed by atoms with Crippen LogP contribution in [0.25, 0.3) is 0 Å². The monoisotopic (exact) mass is 672 g/mol. The molecule has 0 aliphatic carbocycles. The number of carbonyl (C=O) groups is 1. The average molecular weight is 673 g/mol. The molecule has 3 aliphatic rings. The first kappa shape index (κ1) is 34.9. The molecule has 13 heteroatoms. The Kier molecular flexibility index (Phi) is 9.54. The van der Waals surface area contributed by atoms with Gasteiger partial charge in [0.1, 0.15) is 24.4 Å². The zero-order chi connectivity index (χ0) is 33.8. The standard InChI is InChI=1S/C33H52N4O7Si2/c1-32(2,3)45(7,8)43-27-26(25-24-22(16-18-34-29(24)39)37(42-25)20-21-14-12-11-13-15-21)41-30(36-19-17-23(38)35-31(36)40)28(27)44-46(9,10)33(4,5)6/h11-15,17,19,22,24-28,30H,16,18,20H2,1-10H3,(H,34,39)(H,35,38,40)/t22-,24+,25+,26+,27+,28+,30+/m0/s1. The average Bonchev–Trinajstić information content (AvgIpc) is 3.46. The predicted molar refractivity (Wildman–Crippen MR) is 181 cm³/mol. The van der Waals surface area contributed by atoms with Crippen molar-refractivity contribution in [2.75, 3.05) is 6.54 Å². The fourth-order valence-electron chi connectivity index (χ4n) is 6.06. The lowest BCUT2D eigenvalue weighted by molar-refractivity contribution is -0.206. The first-order valence-electron chi connectivity index (χ1n) is 16.4. The number of fused-ring (bicyclic) bond motifs is 1. The summed E-state index contributed by atoms with van der Waals surface area (Å²) < 4.78 is 22.7. The predicted octanol–water partition coefficient (Wildman–Crippen LogP) is 4.54. The van der Waals surface area contributed by atoms with Crippen molar-refractivity contribution in [1.29, 1.82) is 0 Å². The molecule has 0 radical (unpaired) electrons. The Labute approximate surface area is 274 Å². The van der Waals surface area contributed by atoms with Crippen LogP contribution in [-0.4, -0.2) is 74.2 Å². The van der Waals surface area contributed by atoms with Gasteiger partial charge in [-0.15, -0.1) is 0 Å². The van der Waals surface area contributed by atoms with E-state index in [-0.39, 0.29) is 22.0 Å². The topological polar surface area (TPSA) is 124 Å². The van der Waals surface area contributed by atoms with E-state index in [0.717, 1.165) is 12.0 Å². The fourth-order valence-corrected chi connectivity index (χ4v) is 8.65. The Morgan fingerprint density at radius 1 is 0.870 bits per heavy atom. The molecular weight excluding hydrogens is 621 g/mol. The van der Waals surface area contributed by atoms with E-state index in [1.54, 1.807) is 0 Å². The van der Waals surface area contributed by atoms with Crippen molar-refractivity contribution in [1.82, 2.24) is 19.9 Å². The molecule has 11 nitrogen and oxygen atoms in total. The van der Waals surface area contributed by atoms with E-state index in [0.29, 0.717) is 13.1 Å². The zero-order valence-corrected chi connectivity index (χ0v) is 31.0. The number of amides is 1. The maximum atomic E-state index is 13.7. The molecule has 0 saturated carbocycles. The Morgan fingerprint density at radius 3 is 2.07 bits per heavy atom. The Balaban J connectivity index is 1.63. The molecule has 4 heterocycles. The largest absolute Gasteiger partial charge is 0.408 e. The summed E-state index contributed by atoms with van der Waals surface area (Å²) in [5, 5.41) is 4.68. The molecule has 1 aromatic heterocycles. The lowest BCUT2D eigenvalue weighted by Crippen LogP contribution is -2.57. The molecule has 254 valence electrons. The van der Waals surface area contributed by atoms with E-state index in [1.165, 1.54) is 16.8 Å². The van der Waals surface area contributed by atoms with Gasteiger partial charge in [-0.3, -0.25) is 24.0 Å². The van der Waals surface area contributed by atoms with Gasteiger partial charge >= 0.3 is 5.69 Å². The van der Waals surface area contributed by atoms with Gasteiger partial charge < -0.3 is 18.9 Å². The Hall–Kier alpha value is -2.40. The molecule has 3 saturated heterocycles. The molecule has 2 N–H and O–H groups in total. The number of nitrogens with one attached hydrogen (secondary N) is 2. The highest BCUT2D eigenvalue weighted by molar-refractivity contribution is 6.74. The number of carbonyl (C=O) groups excluding carboxylic acids is 1. The molecule has 0 spiro atoms. The van der Waals surface area contributed by atoms with Crippen LogP contribution in [0.5, 0.6) is 0 Å². The van der Waals surface area contributed by atoms with E-state index in [1.807, 2.05) is 35.4 Å². The van der Waals surface area contributed by atoms with Crippen molar-refractivity contribution in [2.45, 2.75) is 127 Å². The summed E-state index contributed by atoms with van der Waals surface area (Å²) >= 11 is 0. The number of hydroxylamine groups is 2. The van der Waals surface area contributed by atoms with Gasteiger partial charge in [0.15, 0.2) is 22.9 Å². The second-order valence-corrected chi connectivity index (χ2v) is 25.5. The van der Waals surface area contributed by atoms with Crippen molar-refractivity contribution in [2.24, 2.45) is 5.92 Å². The van der Waals surface area contributed by atoms with Gasteiger partial charge in [0, 0.05) is 25.4 Å². The third-order valence-electron chi connectivity index (χ3n) is 10.8. The molecule has 5 rings (SSSR count). The summed E-state index contributed by atoms with van der Waals surface area (Å²) in [5.41, 5.74) is -0.0189. The van der Waals surface area contributed by atoms with Gasteiger partial charge in [0.2, 0.25) is 5.91 Å². The van der Waals surface area contributed by atoms with Gasteiger partial charge in [-0.2, -0.15) is 5.06 Å². The lowest BCUT2D eigenvalue weighted by Gasteiger charge is -2.44. The first-order valence-corrected chi connectivity index (χ1v) is 22.2. The van der Waals surface area contributed by atoms with Gasteiger partial charge in [0.05, 0.1) is 12.0 Å². The number of nitrogens with zero attached hydrogens (tertiary/aromatic N) is 2. The number of hydrogen-bond donors (Lipinski definition) is 2. The highest BCUT2D eigenvalue weighted by Gasteiger charge is 2.61. The lowest BCUT2D eigenvalue weighted by atomic mass is 9.85. The smallest absolute Gasteiger partial charge is 0.330 e. The molecule has 2 aromatic rings. The summed E-state index contributed by atoms with van der Waals surface area (Å²) in [6.45, 7) is 22.8. The molecule has 3 aliphatic heterocycles. The summed E-state index contributed by atoms with van der Waals surface area (Å²) in [7, 11) is -4.96. The Morgan fingerprint density at radius 2 is 1.48 bits per heavy atom. The van der Waals surface area contributed by atoms with E-state index < -0.39 is 64.4 Å². The third-order valence-corrected chi connectivity index (χ3v) is 19.7. The quantitative estimate of drug-likeness (QED) is 0.392. The van der Waals surface area contributed by atoms with Crippen LogP contribution in [-0.2, 0) is 29.8 Å². The number of aromatic nitrogens is 2. The molecule has 1 aromatic carbocycles. The van der Waals surface area contributed by atoms with Crippen LogP contribution >= 0.6 is 0 Å². The maximum Gasteiger partial charge on any atom is 0.330 e. The zero-order valence-electron chi connectivity index (χ0n) is 29.0. The van der Waals surface area contributed by atoms with E-state index in [9.17, 15) is 14.4 Å². The maximum absolute atomic E-state index is 13.7. The van der Waals surface area contributed by atoms with Crippen LogP contribution < -0.4 is 16.6 Å². The number of rotatable bonds is 8. The van der Waals surface area contributed by atoms with E-state index in [2.05, 4.69) is 78.0 Å². The number of benzene rings is 1. The van der Waals surface area contributed by atoms with Crippen molar-refractivity contribution < 1.29 is 23.2 Å². The SMILES string of the molecule is CC(C)(C)[Si](C)(C)O[C@@H]1[C@@H]([C@@H]2ON(Cc3ccccc3)[C@H]3CCNC(=O)[C@@H]23)O[C@@H](n2ccc(=O)[nH]c2=O)[C@@H]1O[Si](C)(C)C(C)(C)C.